The van der Waals surface area contributed by atoms with Gasteiger partial charge in [0.2, 0.25) is 0 Å². The number of aromatic nitrogens is 1. The Morgan fingerprint density at radius 3 is 2.60 bits per heavy atom. The fourth-order valence-corrected chi connectivity index (χ4v) is 1.16. The van der Waals surface area contributed by atoms with E-state index >= 15 is 0 Å². The molecule has 0 radical (unpaired) electrons. The quantitative estimate of drug-likeness (QED) is 0.448. The largest absolute Gasteiger partial charge is 0.433 e. The minimum atomic E-state index is -4.71. The molecule has 0 aromatic carbocycles. The minimum Gasteiger partial charge on any atom is -0.411 e. The first kappa shape index (κ1) is 15.5. The molecule has 1 aromatic rings. The van der Waals surface area contributed by atoms with Crippen LogP contribution in [0.25, 0.3) is 0 Å². The second kappa shape index (κ2) is 6.55. The fraction of sp³-hybridized carbons (Fsp3) is 0.182. The molecule has 1 rings (SSSR count). The maximum absolute atomic E-state index is 12.8. The predicted octanol–water partition coefficient (Wildman–Crippen LogP) is 2.06. The van der Waals surface area contributed by atoms with Crippen molar-refractivity contribution in [2.75, 3.05) is 12.4 Å². The van der Waals surface area contributed by atoms with E-state index in [0.29, 0.717) is 18.0 Å². The van der Waals surface area contributed by atoms with Crippen LogP contribution in [0.15, 0.2) is 40.3 Å². The Hall–Kier alpha value is -2.58. The molecule has 0 saturated carbocycles. The molecular formula is C11H12F3N5O. The van der Waals surface area contributed by atoms with E-state index in [1.165, 1.54) is 18.3 Å². The number of nitrogens with two attached hydrogens (primary N) is 1. The lowest BCUT2D eigenvalue weighted by molar-refractivity contribution is -0.0576. The molecule has 20 heavy (non-hydrogen) atoms. The molecule has 0 fully saturated rings. The number of hydrogen-bond donors (Lipinski definition) is 3. The molecule has 0 aliphatic rings. The summed E-state index contributed by atoms with van der Waals surface area (Å²) in [6, 6.07) is 2.85. The molecule has 0 aliphatic heterocycles. The Morgan fingerprint density at radius 1 is 1.45 bits per heavy atom. The van der Waals surface area contributed by atoms with Crippen molar-refractivity contribution >= 4 is 23.4 Å². The number of nitrogens with zero attached hydrogens (tertiary/aromatic N) is 3. The van der Waals surface area contributed by atoms with Gasteiger partial charge in [0.15, 0.2) is 5.82 Å². The molecule has 0 unspecified atom stereocenters. The highest BCUT2D eigenvalue weighted by atomic mass is 19.4. The average molecular weight is 287 g/mol. The number of alkyl halides is 3. The molecule has 6 nitrogen and oxygen atoms in total. The van der Waals surface area contributed by atoms with E-state index in [0.717, 1.165) is 0 Å². The van der Waals surface area contributed by atoms with E-state index in [9.17, 15) is 13.2 Å². The van der Waals surface area contributed by atoms with Crippen LogP contribution in [0.5, 0.6) is 0 Å². The van der Waals surface area contributed by atoms with Crippen LogP contribution in [0.2, 0.25) is 0 Å². The number of aliphatic imine (C=N–C) groups is 1. The van der Waals surface area contributed by atoms with E-state index in [2.05, 4.69) is 20.4 Å². The first-order valence-corrected chi connectivity index (χ1v) is 5.31. The number of pyridine rings is 1. The van der Waals surface area contributed by atoms with Crippen molar-refractivity contribution < 1.29 is 18.4 Å². The van der Waals surface area contributed by atoms with E-state index < -0.39 is 17.6 Å². The highest BCUT2D eigenvalue weighted by molar-refractivity contribution is 6.04. The molecule has 108 valence electrons. The highest BCUT2D eigenvalue weighted by Gasteiger charge is 2.34. The summed E-state index contributed by atoms with van der Waals surface area (Å²) < 4.78 is 38.3. The Morgan fingerprint density at radius 2 is 2.15 bits per heavy atom. The molecule has 0 amide bonds. The summed E-state index contributed by atoms with van der Waals surface area (Å²) in [6.07, 6.45) is -2.15. The topological polar surface area (TPSA) is 95.9 Å². The van der Waals surface area contributed by atoms with Gasteiger partial charge in [-0.25, -0.2) is 9.98 Å². The lowest BCUT2D eigenvalue weighted by atomic mass is 10.3. The van der Waals surface area contributed by atoms with Gasteiger partial charge in [0.25, 0.3) is 0 Å². The molecule has 0 bridgehead atoms. The second-order valence-electron chi connectivity index (χ2n) is 3.54. The zero-order valence-electron chi connectivity index (χ0n) is 10.4. The van der Waals surface area contributed by atoms with Gasteiger partial charge in [-0.15, -0.1) is 0 Å². The van der Waals surface area contributed by atoms with Crippen LogP contribution in [0.3, 0.4) is 0 Å². The standard InChI is InChI=1S/C11H12F3N5O/c1-16-8-2-3-10(17-6-8)19-9(11(12,13)14)4-7(15)5-18-20/h2-6,16,20H,15H2,1H3/b7-4-,18-5+,19-9?. The van der Waals surface area contributed by atoms with Crippen LogP contribution in [0.1, 0.15) is 0 Å². The zero-order valence-corrected chi connectivity index (χ0v) is 10.4. The lowest BCUT2D eigenvalue weighted by Crippen LogP contribution is -2.22. The van der Waals surface area contributed by atoms with E-state index in [4.69, 9.17) is 10.9 Å². The van der Waals surface area contributed by atoms with Crippen molar-refractivity contribution in [1.82, 2.24) is 4.98 Å². The fourth-order valence-electron chi connectivity index (χ4n) is 1.16. The van der Waals surface area contributed by atoms with Crippen molar-refractivity contribution in [3.8, 4) is 0 Å². The number of anilines is 1. The number of hydrogen-bond acceptors (Lipinski definition) is 6. The third kappa shape index (κ3) is 4.59. The first-order valence-electron chi connectivity index (χ1n) is 5.31. The second-order valence-corrected chi connectivity index (χ2v) is 3.54. The van der Waals surface area contributed by atoms with Crippen molar-refractivity contribution in [3.05, 3.63) is 30.1 Å². The maximum Gasteiger partial charge on any atom is 0.433 e. The molecule has 4 N–H and O–H groups in total. The monoisotopic (exact) mass is 287 g/mol. The lowest BCUT2D eigenvalue weighted by Gasteiger charge is -2.07. The van der Waals surface area contributed by atoms with Crippen LogP contribution >= 0.6 is 0 Å². The van der Waals surface area contributed by atoms with E-state index in [-0.39, 0.29) is 5.82 Å². The Balaban J connectivity index is 3.16. The summed E-state index contributed by atoms with van der Waals surface area (Å²) in [6.45, 7) is 0. The van der Waals surface area contributed by atoms with E-state index in [1.54, 1.807) is 7.05 Å². The van der Waals surface area contributed by atoms with Crippen molar-refractivity contribution in [1.29, 1.82) is 0 Å². The predicted molar refractivity (Wildman–Crippen MR) is 69.5 cm³/mol. The van der Waals surface area contributed by atoms with Gasteiger partial charge in [-0.3, -0.25) is 0 Å². The molecule has 1 aromatic heterocycles. The Bertz CT molecular complexity index is 534. The summed E-state index contributed by atoms with van der Waals surface area (Å²) >= 11 is 0. The number of allylic oxidation sites excluding steroid dienone is 2. The van der Waals surface area contributed by atoms with Crippen molar-refractivity contribution in [2.45, 2.75) is 6.18 Å². The molecule has 0 saturated heterocycles. The van der Waals surface area contributed by atoms with Crippen LogP contribution < -0.4 is 11.1 Å². The van der Waals surface area contributed by atoms with Crippen molar-refractivity contribution in [2.24, 2.45) is 15.9 Å². The third-order valence-corrected chi connectivity index (χ3v) is 2.07. The van der Waals surface area contributed by atoms with Crippen LogP contribution in [-0.2, 0) is 0 Å². The van der Waals surface area contributed by atoms with Crippen LogP contribution in [0, 0.1) is 0 Å². The van der Waals surface area contributed by atoms with Crippen molar-refractivity contribution in [3.63, 3.8) is 0 Å². The summed E-state index contributed by atoms with van der Waals surface area (Å²) in [5.74, 6) is -0.124. The molecule has 0 aliphatic carbocycles. The van der Waals surface area contributed by atoms with Gasteiger partial charge in [0, 0.05) is 7.05 Å². The van der Waals surface area contributed by atoms with Gasteiger partial charge in [0.1, 0.15) is 5.71 Å². The zero-order chi connectivity index (χ0) is 15.2. The highest BCUT2D eigenvalue weighted by Crippen LogP contribution is 2.22. The maximum atomic E-state index is 12.8. The summed E-state index contributed by atoms with van der Waals surface area (Å²) in [5, 5.41) is 13.5. The molecular weight excluding hydrogens is 275 g/mol. The van der Waals surface area contributed by atoms with Gasteiger partial charge < -0.3 is 16.3 Å². The average Bonchev–Trinajstić information content (AvgIpc) is 2.38. The minimum absolute atomic E-state index is 0.124. The summed E-state index contributed by atoms with van der Waals surface area (Å²) in [7, 11) is 1.65. The SMILES string of the molecule is CNc1ccc(N=C(/C=C(N)/C=N/O)C(F)(F)F)nc1. The van der Waals surface area contributed by atoms with Crippen LogP contribution in [0.4, 0.5) is 24.7 Å². The number of oxime groups is 1. The third-order valence-electron chi connectivity index (χ3n) is 2.07. The van der Waals surface area contributed by atoms with Gasteiger partial charge in [0.05, 0.1) is 23.8 Å². The van der Waals surface area contributed by atoms with Gasteiger partial charge in [-0.2, -0.15) is 13.2 Å². The molecule has 0 atom stereocenters. The van der Waals surface area contributed by atoms with E-state index in [1.807, 2.05) is 0 Å². The van der Waals surface area contributed by atoms with Gasteiger partial charge >= 0.3 is 6.18 Å². The number of nitrogens with one attached hydrogen (secondary N) is 1. The summed E-state index contributed by atoms with van der Waals surface area (Å²) in [4.78, 5) is 7.13. The Labute approximate surface area is 112 Å². The normalized spacial score (nSPS) is 13.8. The number of halogens is 3. The van der Waals surface area contributed by atoms with Gasteiger partial charge in [-0.1, -0.05) is 5.16 Å². The smallest absolute Gasteiger partial charge is 0.411 e. The molecule has 0 spiro atoms. The molecule has 1 heterocycles. The Kier molecular flexibility index (Phi) is 5.07. The summed E-state index contributed by atoms with van der Waals surface area (Å²) in [5.41, 5.74) is 4.22. The number of rotatable bonds is 4. The van der Waals surface area contributed by atoms with Crippen LogP contribution in [-0.4, -0.2) is 35.3 Å². The molecule has 9 heteroatoms. The first-order chi connectivity index (χ1) is 9.36. The van der Waals surface area contributed by atoms with Gasteiger partial charge in [-0.05, 0) is 18.2 Å².